The maximum atomic E-state index is 13.5. The van der Waals surface area contributed by atoms with Crippen LogP contribution >= 0.6 is 0 Å². The van der Waals surface area contributed by atoms with Gasteiger partial charge in [0.2, 0.25) is 0 Å². The molecule has 1 saturated heterocycles. The van der Waals surface area contributed by atoms with Crippen LogP contribution in [0.3, 0.4) is 0 Å². The molecule has 1 rings (SSSR count). The Kier molecular flexibility index (Phi) is 4.02. The van der Waals surface area contributed by atoms with Crippen LogP contribution < -0.4 is 0 Å². The van der Waals surface area contributed by atoms with E-state index in [9.17, 15) is 13.6 Å². The van der Waals surface area contributed by atoms with Gasteiger partial charge in [-0.05, 0) is 26.4 Å². The van der Waals surface area contributed by atoms with Crippen molar-refractivity contribution in [3.05, 3.63) is 0 Å². The second-order valence-corrected chi connectivity index (χ2v) is 4.10. The zero-order valence-electron chi connectivity index (χ0n) is 9.13. The van der Waals surface area contributed by atoms with Crippen LogP contribution in [0.15, 0.2) is 0 Å². The molecule has 1 unspecified atom stereocenters. The predicted octanol–water partition coefficient (Wildman–Crippen LogP) is 1.53. The van der Waals surface area contributed by atoms with Crippen LogP contribution in [0.2, 0.25) is 0 Å². The Labute approximate surface area is 88.4 Å². The molecule has 0 aromatic carbocycles. The zero-order valence-corrected chi connectivity index (χ0v) is 9.13. The van der Waals surface area contributed by atoms with E-state index < -0.39 is 17.8 Å². The lowest BCUT2D eigenvalue weighted by Crippen LogP contribution is -2.46. The van der Waals surface area contributed by atoms with Crippen molar-refractivity contribution < 1.29 is 18.3 Å². The van der Waals surface area contributed by atoms with E-state index in [-0.39, 0.29) is 19.4 Å². The molecule has 0 radical (unpaired) electrons. The van der Waals surface area contributed by atoms with Gasteiger partial charge < -0.3 is 9.64 Å². The van der Waals surface area contributed by atoms with Gasteiger partial charge in [0.15, 0.2) is 0 Å². The maximum absolute atomic E-state index is 13.5. The number of alkyl halides is 2. The summed E-state index contributed by atoms with van der Waals surface area (Å²) in [5, 5.41) is 0. The first kappa shape index (κ1) is 12.4. The van der Waals surface area contributed by atoms with Gasteiger partial charge in [-0.1, -0.05) is 0 Å². The summed E-state index contributed by atoms with van der Waals surface area (Å²) in [6, 6.07) is 0. The molecule has 0 aromatic rings. The molecule has 1 fully saturated rings. The summed E-state index contributed by atoms with van der Waals surface area (Å²) in [7, 11) is 2.96. The molecule has 0 aromatic heterocycles. The fourth-order valence-corrected chi connectivity index (χ4v) is 1.91. The van der Waals surface area contributed by atoms with Crippen molar-refractivity contribution in [1.29, 1.82) is 0 Å². The van der Waals surface area contributed by atoms with Crippen molar-refractivity contribution in [3.8, 4) is 0 Å². The molecule has 0 bridgehead atoms. The largest absolute Gasteiger partial charge is 0.469 e. The van der Waals surface area contributed by atoms with E-state index in [0.717, 1.165) is 0 Å². The Balaban J connectivity index is 2.44. The smallest absolute Gasteiger partial charge is 0.305 e. The topological polar surface area (TPSA) is 29.5 Å². The van der Waals surface area contributed by atoms with Gasteiger partial charge in [0.05, 0.1) is 13.7 Å². The van der Waals surface area contributed by atoms with Crippen LogP contribution in [0.5, 0.6) is 0 Å². The molecule has 0 aliphatic carbocycles. The molecule has 15 heavy (non-hydrogen) atoms. The Morgan fingerprint density at radius 3 is 2.80 bits per heavy atom. The van der Waals surface area contributed by atoms with Crippen molar-refractivity contribution in [3.63, 3.8) is 0 Å². The van der Waals surface area contributed by atoms with E-state index in [0.29, 0.717) is 13.0 Å². The van der Waals surface area contributed by atoms with E-state index in [2.05, 4.69) is 4.74 Å². The molecular formula is C10H17F2NO2. The zero-order chi connectivity index (χ0) is 11.5. The summed E-state index contributed by atoms with van der Waals surface area (Å²) in [5.41, 5.74) is 0. The van der Waals surface area contributed by atoms with Gasteiger partial charge in [-0.3, -0.25) is 4.79 Å². The number of carbonyl (C=O) groups is 1. The summed E-state index contributed by atoms with van der Waals surface area (Å²) in [6.07, 6.45) is 0.745. The Hall–Kier alpha value is -0.710. The molecule has 88 valence electrons. The summed E-state index contributed by atoms with van der Waals surface area (Å²) >= 11 is 0. The van der Waals surface area contributed by atoms with Gasteiger partial charge >= 0.3 is 5.97 Å². The highest BCUT2D eigenvalue weighted by molar-refractivity contribution is 5.69. The Morgan fingerprint density at radius 2 is 2.27 bits per heavy atom. The average molecular weight is 221 g/mol. The van der Waals surface area contributed by atoms with Crippen molar-refractivity contribution in [1.82, 2.24) is 4.90 Å². The quantitative estimate of drug-likeness (QED) is 0.677. The second kappa shape index (κ2) is 4.88. The van der Waals surface area contributed by atoms with Crippen LogP contribution in [0, 0.1) is 5.92 Å². The molecule has 1 aliphatic rings. The standard InChI is InChI=1S/C10H17F2NO2/c1-13-6-5-8(10(11,12)7-13)3-4-9(14)15-2/h8H,3-7H2,1-2H3. The van der Waals surface area contributed by atoms with Gasteiger partial charge in [0, 0.05) is 12.3 Å². The molecule has 0 amide bonds. The molecule has 1 atom stereocenters. The van der Waals surface area contributed by atoms with Crippen molar-refractivity contribution >= 4 is 5.97 Å². The van der Waals surface area contributed by atoms with E-state index in [4.69, 9.17) is 0 Å². The first-order valence-corrected chi connectivity index (χ1v) is 5.09. The van der Waals surface area contributed by atoms with E-state index >= 15 is 0 Å². The molecule has 0 N–H and O–H groups in total. The number of likely N-dealkylation sites (tertiary alicyclic amines) is 1. The number of halogens is 2. The van der Waals surface area contributed by atoms with Gasteiger partial charge in [0.25, 0.3) is 5.92 Å². The Morgan fingerprint density at radius 1 is 1.60 bits per heavy atom. The van der Waals surface area contributed by atoms with Gasteiger partial charge in [-0.25, -0.2) is 8.78 Å². The summed E-state index contributed by atoms with van der Waals surface area (Å²) < 4.78 is 31.4. The van der Waals surface area contributed by atoms with Crippen LogP contribution in [0.25, 0.3) is 0 Å². The van der Waals surface area contributed by atoms with Crippen LogP contribution in [-0.2, 0) is 9.53 Å². The average Bonchev–Trinajstić information content (AvgIpc) is 2.14. The highest BCUT2D eigenvalue weighted by Gasteiger charge is 2.43. The third kappa shape index (κ3) is 3.41. The molecule has 1 heterocycles. The normalized spacial score (nSPS) is 26.3. The lowest BCUT2D eigenvalue weighted by Gasteiger charge is -2.36. The van der Waals surface area contributed by atoms with E-state index in [1.165, 1.54) is 7.11 Å². The minimum atomic E-state index is -2.68. The highest BCUT2D eigenvalue weighted by Crippen LogP contribution is 2.35. The van der Waals surface area contributed by atoms with Gasteiger partial charge in [-0.15, -0.1) is 0 Å². The number of piperidine rings is 1. The lowest BCUT2D eigenvalue weighted by molar-refractivity contribution is -0.143. The molecule has 5 heteroatoms. The maximum Gasteiger partial charge on any atom is 0.305 e. The molecular weight excluding hydrogens is 204 g/mol. The minimum Gasteiger partial charge on any atom is -0.469 e. The number of rotatable bonds is 3. The Bertz CT molecular complexity index is 233. The van der Waals surface area contributed by atoms with Crippen molar-refractivity contribution in [2.24, 2.45) is 5.92 Å². The number of hydrogen-bond donors (Lipinski definition) is 0. The van der Waals surface area contributed by atoms with Crippen LogP contribution in [-0.4, -0.2) is 44.0 Å². The first-order chi connectivity index (χ1) is 6.95. The third-order valence-corrected chi connectivity index (χ3v) is 2.86. The monoisotopic (exact) mass is 221 g/mol. The fourth-order valence-electron chi connectivity index (χ4n) is 1.91. The van der Waals surface area contributed by atoms with Crippen molar-refractivity contribution in [2.75, 3.05) is 27.2 Å². The van der Waals surface area contributed by atoms with Gasteiger partial charge in [-0.2, -0.15) is 0 Å². The molecule has 0 spiro atoms. The lowest BCUT2D eigenvalue weighted by atomic mass is 9.89. The number of carbonyl (C=O) groups excluding carboxylic acids is 1. The summed E-state index contributed by atoms with van der Waals surface area (Å²) in [6.45, 7) is 0.459. The number of methoxy groups -OCH3 is 1. The minimum absolute atomic E-state index is 0.0838. The fraction of sp³-hybridized carbons (Fsp3) is 0.900. The number of hydrogen-bond acceptors (Lipinski definition) is 3. The molecule has 1 aliphatic heterocycles. The SMILES string of the molecule is COC(=O)CCC1CCN(C)CC1(F)F. The van der Waals surface area contributed by atoms with Crippen LogP contribution in [0.4, 0.5) is 8.78 Å². The first-order valence-electron chi connectivity index (χ1n) is 5.09. The summed E-state index contributed by atoms with van der Waals surface area (Å²) in [5.74, 6) is -3.78. The second-order valence-electron chi connectivity index (χ2n) is 4.10. The molecule has 3 nitrogen and oxygen atoms in total. The van der Waals surface area contributed by atoms with Crippen LogP contribution in [0.1, 0.15) is 19.3 Å². The molecule has 0 saturated carbocycles. The number of esters is 1. The van der Waals surface area contributed by atoms with Crippen molar-refractivity contribution in [2.45, 2.75) is 25.2 Å². The number of nitrogens with zero attached hydrogens (tertiary/aromatic N) is 1. The summed E-state index contributed by atoms with van der Waals surface area (Å²) in [4.78, 5) is 12.5. The number of ether oxygens (including phenoxy) is 1. The van der Waals surface area contributed by atoms with E-state index in [1.807, 2.05) is 0 Å². The van der Waals surface area contributed by atoms with E-state index in [1.54, 1.807) is 11.9 Å². The van der Waals surface area contributed by atoms with Gasteiger partial charge in [0.1, 0.15) is 0 Å². The third-order valence-electron chi connectivity index (χ3n) is 2.86. The highest BCUT2D eigenvalue weighted by atomic mass is 19.3. The predicted molar refractivity (Wildman–Crippen MR) is 51.8 cm³/mol.